The summed E-state index contributed by atoms with van der Waals surface area (Å²) in [6, 6.07) is 0. The van der Waals surface area contributed by atoms with Crippen molar-refractivity contribution in [3.8, 4) is 0 Å². The lowest BCUT2D eigenvalue weighted by atomic mass is 9.96. The number of rotatable bonds is 7. The molecule has 1 amide bonds. The zero-order valence-electron chi connectivity index (χ0n) is 14.2. The first-order valence-electron chi connectivity index (χ1n) is 8.02. The van der Waals surface area contributed by atoms with Crippen LogP contribution < -0.4 is 16.4 Å². The third-order valence-corrected chi connectivity index (χ3v) is 3.42. The maximum Gasteiger partial charge on any atom is 0.225 e. The number of carbonyl (C=O) groups excluding carboxylic acids is 1. The van der Waals surface area contributed by atoms with Crippen molar-refractivity contribution in [2.24, 2.45) is 16.1 Å². The number of nitrogens with one attached hydrogen (secondary N) is 2. The van der Waals surface area contributed by atoms with Crippen LogP contribution >= 0.6 is 0 Å². The lowest BCUT2D eigenvalue weighted by molar-refractivity contribution is -0.128. The first kappa shape index (κ1) is 18.7. The highest BCUT2D eigenvalue weighted by Gasteiger charge is 2.20. The second-order valence-corrected chi connectivity index (χ2v) is 6.51. The Hall–Kier alpha value is -1.34. The third-order valence-electron chi connectivity index (χ3n) is 3.42. The number of guanidine groups is 1. The average molecular weight is 313 g/mol. The normalized spacial score (nSPS) is 17.3. The van der Waals surface area contributed by atoms with E-state index in [4.69, 9.17) is 10.5 Å². The Bertz CT molecular complexity index is 359. The van der Waals surface area contributed by atoms with E-state index in [1.165, 1.54) is 0 Å². The standard InChI is InChI=1S/C15H31N5O2/c1-15(2,3)13(21)17-6-7-19-14(16)18-5-4-8-20-9-11-22-12-10-20/h4-12H2,1-3H3,(H,17,21)(H3,16,18,19). The molecule has 128 valence electrons. The predicted molar refractivity (Wildman–Crippen MR) is 88.8 cm³/mol. The first-order valence-corrected chi connectivity index (χ1v) is 8.02. The maximum atomic E-state index is 11.7. The highest BCUT2D eigenvalue weighted by Crippen LogP contribution is 2.11. The molecule has 7 nitrogen and oxygen atoms in total. The summed E-state index contributed by atoms with van der Waals surface area (Å²) in [5.74, 6) is 0.474. The molecule has 1 fully saturated rings. The van der Waals surface area contributed by atoms with Crippen LogP contribution in [0.25, 0.3) is 0 Å². The van der Waals surface area contributed by atoms with E-state index in [1.54, 1.807) is 0 Å². The molecule has 0 bridgehead atoms. The number of carbonyl (C=O) groups is 1. The maximum absolute atomic E-state index is 11.7. The van der Waals surface area contributed by atoms with Crippen LogP contribution in [-0.2, 0) is 9.53 Å². The van der Waals surface area contributed by atoms with Crippen molar-refractivity contribution in [3.63, 3.8) is 0 Å². The van der Waals surface area contributed by atoms with Crippen molar-refractivity contribution >= 4 is 11.9 Å². The Kier molecular flexibility index (Phi) is 8.19. The van der Waals surface area contributed by atoms with Gasteiger partial charge in [0.15, 0.2) is 5.96 Å². The molecule has 7 heteroatoms. The van der Waals surface area contributed by atoms with E-state index in [0.717, 1.165) is 39.3 Å². The van der Waals surface area contributed by atoms with Gasteiger partial charge in [-0.15, -0.1) is 0 Å². The van der Waals surface area contributed by atoms with Gasteiger partial charge in [-0.1, -0.05) is 20.8 Å². The molecule has 22 heavy (non-hydrogen) atoms. The second-order valence-electron chi connectivity index (χ2n) is 6.51. The fraction of sp³-hybridized carbons (Fsp3) is 0.867. The van der Waals surface area contributed by atoms with Gasteiger partial charge >= 0.3 is 0 Å². The molecule has 0 atom stereocenters. The lowest BCUT2D eigenvalue weighted by Gasteiger charge is -2.26. The second kappa shape index (κ2) is 9.63. The molecule has 0 unspecified atom stereocenters. The fourth-order valence-electron chi connectivity index (χ4n) is 2.01. The molecule has 0 saturated carbocycles. The molecule has 4 N–H and O–H groups in total. The highest BCUT2D eigenvalue weighted by atomic mass is 16.5. The van der Waals surface area contributed by atoms with Crippen molar-refractivity contribution in [2.75, 3.05) is 52.5 Å². The molecule has 1 rings (SSSR count). The van der Waals surface area contributed by atoms with Gasteiger partial charge in [0.1, 0.15) is 0 Å². The number of hydrogen-bond acceptors (Lipinski definition) is 4. The zero-order chi connectivity index (χ0) is 16.4. The van der Waals surface area contributed by atoms with Gasteiger partial charge in [-0.05, 0) is 6.42 Å². The highest BCUT2D eigenvalue weighted by molar-refractivity contribution is 5.81. The minimum Gasteiger partial charge on any atom is -0.379 e. The smallest absolute Gasteiger partial charge is 0.225 e. The number of aliphatic imine (C=N–C) groups is 1. The van der Waals surface area contributed by atoms with E-state index in [-0.39, 0.29) is 11.3 Å². The van der Waals surface area contributed by atoms with E-state index < -0.39 is 0 Å². The predicted octanol–water partition coefficient (Wildman–Crippen LogP) is -0.225. The van der Waals surface area contributed by atoms with Crippen LogP contribution in [0.5, 0.6) is 0 Å². The van der Waals surface area contributed by atoms with Crippen LogP contribution in [-0.4, -0.2) is 69.2 Å². The summed E-state index contributed by atoms with van der Waals surface area (Å²) in [7, 11) is 0. The summed E-state index contributed by atoms with van der Waals surface area (Å²) in [5, 5.41) is 5.87. The van der Waals surface area contributed by atoms with Crippen molar-refractivity contribution < 1.29 is 9.53 Å². The number of amides is 1. The number of morpholine rings is 1. The van der Waals surface area contributed by atoms with Gasteiger partial charge in [-0.2, -0.15) is 0 Å². The lowest BCUT2D eigenvalue weighted by Crippen LogP contribution is -2.41. The van der Waals surface area contributed by atoms with Crippen LogP contribution in [0.2, 0.25) is 0 Å². The zero-order valence-corrected chi connectivity index (χ0v) is 14.2. The van der Waals surface area contributed by atoms with Gasteiger partial charge in [-0.25, -0.2) is 0 Å². The monoisotopic (exact) mass is 313 g/mol. The molecule has 0 aliphatic carbocycles. The summed E-state index contributed by atoms with van der Waals surface area (Å²) < 4.78 is 5.31. The Morgan fingerprint density at radius 1 is 1.23 bits per heavy atom. The minimum atomic E-state index is -0.362. The molecule has 1 aliphatic heterocycles. The molecule has 1 saturated heterocycles. The van der Waals surface area contributed by atoms with Crippen LogP contribution in [0.4, 0.5) is 0 Å². The summed E-state index contributed by atoms with van der Waals surface area (Å²) >= 11 is 0. The summed E-state index contributed by atoms with van der Waals surface area (Å²) in [5.41, 5.74) is 5.43. The quantitative estimate of drug-likeness (QED) is 0.343. The van der Waals surface area contributed by atoms with E-state index >= 15 is 0 Å². The van der Waals surface area contributed by atoms with Crippen molar-refractivity contribution in [1.29, 1.82) is 0 Å². The van der Waals surface area contributed by atoms with Crippen LogP contribution in [0.3, 0.4) is 0 Å². The third kappa shape index (κ3) is 8.19. The molecule has 0 spiro atoms. The summed E-state index contributed by atoms with van der Waals surface area (Å²) in [6.45, 7) is 12.2. The van der Waals surface area contributed by atoms with Gasteiger partial charge < -0.3 is 21.1 Å². The average Bonchev–Trinajstić information content (AvgIpc) is 2.48. The minimum absolute atomic E-state index is 0.0373. The number of ether oxygens (including phenoxy) is 1. The molecule has 0 aromatic heterocycles. The molecular formula is C15H31N5O2. The Balaban J connectivity index is 2.04. The number of nitrogens with zero attached hydrogens (tertiary/aromatic N) is 2. The van der Waals surface area contributed by atoms with Gasteiger partial charge in [0.2, 0.25) is 5.91 Å². The molecule has 0 aromatic rings. The van der Waals surface area contributed by atoms with Crippen LogP contribution in [0, 0.1) is 5.41 Å². The van der Waals surface area contributed by atoms with Crippen LogP contribution in [0.1, 0.15) is 27.2 Å². The van der Waals surface area contributed by atoms with Gasteiger partial charge in [-0.3, -0.25) is 14.7 Å². The Morgan fingerprint density at radius 2 is 1.86 bits per heavy atom. The Morgan fingerprint density at radius 3 is 2.50 bits per heavy atom. The van der Waals surface area contributed by atoms with E-state index in [0.29, 0.717) is 25.6 Å². The SMILES string of the molecule is CC(C)(C)C(=O)NCCNC(N)=NCCCN1CCOCC1. The van der Waals surface area contributed by atoms with Crippen LogP contribution in [0.15, 0.2) is 4.99 Å². The van der Waals surface area contributed by atoms with Gasteiger partial charge in [0, 0.05) is 44.7 Å². The van der Waals surface area contributed by atoms with Gasteiger partial charge in [0.25, 0.3) is 0 Å². The van der Waals surface area contributed by atoms with Crippen molar-refractivity contribution in [1.82, 2.24) is 15.5 Å². The summed E-state index contributed by atoms with van der Waals surface area (Å²) in [6.07, 6.45) is 0.989. The molecule has 1 aliphatic rings. The molecule has 1 heterocycles. The number of hydrogen-bond donors (Lipinski definition) is 3. The molecule has 0 radical (unpaired) electrons. The fourth-order valence-corrected chi connectivity index (χ4v) is 2.01. The van der Waals surface area contributed by atoms with E-state index in [1.807, 2.05) is 20.8 Å². The molecule has 0 aromatic carbocycles. The van der Waals surface area contributed by atoms with E-state index in [2.05, 4.69) is 20.5 Å². The summed E-state index contributed by atoms with van der Waals surface area (Å²) in [4.78, 5) is 18.3. The number of nitrogens with two attached hydrogens (primary N) is 1. The van der Waals surface area contributed by atoms with E-state index in [9.17, 15) is 4.79 Å². The molecular weight excluding hydrogens is 282 g/mol. The van der Waals surface area contributed by atoms with Crippen molar-refractivity contribution in [3.05, 3.63) is 0 Å². The largest absolute Gasteiger partial charge is 0.379 e. The Labute approximate surface area is 133 Å². The van der Waals surface area contributed by atoms with Crippen molar-refractivity contribution in [2.45, 2.75) is 27.2 Å². The topological polar surface area (TPSA) is 92.0 Å². The first-order chi connectivity index (χ1) is 10.4. The van der Waals surface area contributed by atoms with Gasteiger partial charge in [0.05, 0.1) is 13.2 Å².